The summed E-state index contributed by atoms with van der Waals surface area (Å²) in [6, 6.07) is 23.6. The van der Waals surface area contributed by atoms with Gasteiger partial charge in [0.2, 0.25) is 0 Å². The van der Waals surface area contributed by atoms with Gasteiger partial charge in [-0.1, -0.05) is 54.6 Å². The zero-order valence-corrected chi connectivity index (χ0v) is 30.9. The van der Waals surface area contributed by atoms with Crippen molar-refractivity contribution in [2.75, 3.05) is 19.8 Å². The lowest BCUT2D eigenvalue weighted by Crippen LogP contribution is -2.60. The Bertz CT molecular complexity index is 1940. The van der Waals surface area contributed by atoms with E-state index in [1.54, 1.807) is 4.57 Å². The standard InChI is InChI=1S/C41H45NO12/c1-24-11-9-14-33-35(24)32(37-36(54-37)30-15-17-31(18-16-30)48-20-10-19-47-22-29-12-7-6-8-13-29)21-42(33)41-40(52-28(5)46)39(51-27(4)45)38(50-26(3)44)34(53-41)23-49-25(2)43/h6-9,11-18,21,34,36-41H,10,19-20,22-23H2,1-5H3/t34-,36?,37?,38-,39+,40-,41-/m1/s1. The summed E-state index contributed by atoms with van der Waals surface area (Å²) in [5.41, 5.74) is 4.68. The van der Waals surface area contributed by atoms with Gasteiger partial charge in [0.25, 0.3) is 0 Å². The highest BCUT2D eigenvalue weighted by Crippen LogP contribution is 2.54. The Kier molecular flexibility index (Phi) is 12.3. The van der Waals surface area contributed by atoms with Crippen LogP contribution in [0.25, 0.3) is 10.9 Å². The highest BCUT2D eigenvalue weighted by molar-refractivity contribution is 5.88. The minimum absolute atomic E-state index is 0.237. The number of epoxide rings is 1. The minimum atomic E-state index is -1.30. The van der Waals surface area contributed by atoms with E-state index in [0.717, 1.165) is 45.3 Å². The molecule has 2 fully saturated rings. The van der Waals surface area contributed by atoms with Gasteiger partial charge >= 0.3 is 23.9 Å². The first-order valence-electron chi connectivity index (χ1n) is 17.9. The molecule has 2 aliphatic rings. The number of benzene rings is 3. The molecule has 3 aromatic carbocycles. The van der Waals surface area contributed by atoms with Crippen LogP contribution < -0.4 is 4.74 Å². The molecule has 0 bridgehead atoms. The first kappa shape index (κ1) is 38.5. The molecule has 2 aliphatic heterocycles. The van der Waals surface area contributed by atoms with Crippen molar-refractivity contribution in [2.24, 2.45) is 0 Å². The van der Waals surface area contributed by atoms with Gasteiger partial charge in [-0.15, -0.1) is 0 Å². The molecule has 13 heteroatoms. The molecule has 0 aliphatic carbocycles. The molecule has 0 radical (unpaired) electrons. The van der Waals surface area contributed by atoms with Crippen molar-refractivity contribution in [3.63, 3.8) is 0 Å². The summed E-state index contributed by atoms with van der Waals surface area (Å²) >= 11 is 0. The van der Waals surface area contributed by atoms with Gasteiger partial charge in [0, 0.05) is 51.3 Å². The molecule has 286 valence electrons. The van der Waals surface area contributed by atoms with Gasteiger partial charge in [0.05, 0.1) is 25.3 Å². The van der Waals surface area contributed by atoms with E-state index in [1.807, 2.05) is 85.9 Å². The third-order valence-corrected chi connectivity index (χ3v) is 9.16. The van der Waals surface area contributed by atoms with Gasteiger partial charge in [-0.3, -0.25) is 19.2 Å². The molecule has 54 heavy (non-hydrogen) atoms. The van der Waals surface area contributed by atoms with E-state index in [4.69, 9.17) is 37.9 Å². The van der Waals surface area contributed by atoms with Gasteiger partial charge in [0.1, 0.15) is 30.7 Å². The lowest BCUT2D eigenvalue weighted by molar-refractivity contribution is -0.267. The molecular weight excluding hydrogens is 698 g/mol. The van der Waals surface area contributed by atoms with Gasteiger partial charge < -0.3 is 42.5 Å². The summed E-state index contributed by atoms with van der Waals surface area (Å²) < 4.78 is 48.6. The smallest absolute Gasteiger partial charge is 0.303 e. The molecule has 0 saturated carbocycles. The number of carbonyl (C=O) groups is 4. The fourth-order valence-electron chi connectivity index (χ4n) is 6.85. The van der Waals surface area contributed by atoms with E-state index in [9.17, 15) is 19.2 Å². The lowest BCUT2D eigenvalue weighted by Gasteiger charge is -2.44. The summed E-state index contributed by atoms with van der Waals surface area (Å²) in [4.78, 5) is 49.0. The Morgan fingerprint density at radius 3 is 2.07 bits per heavy atom. The predicted molar refractivity (Wildman–Crippen MR) is 193 cm³/mol. The summed E-state index contributed by atoms with van der Waals surface area (Å²) in [5, 5.41) is 0.910. The molecule has 0 N–H and O–H groups in total. The summed E-state index contributed by atoms with van der Waals surface area (Å²) in [5.74, 6) is -1.91. The third kappa shape index (κ3) is 9.27. The second-order valence-electron chi connectivity index (χ2n) is 13.3. The maximum Gasteiger partial charge on any atom is 0.303 e. The van der Waals surface area contributed by atoms with Crippen molar-refractivity contribution in [1.29, 1.82) is 0 Å². The second kappa shape index (κ2) is 17.3. The number of fused-ring (bicyclic) bond motifs is 1. The lowest BCUT2D eigenvalue weighted by atomic mass is 9.97. The average Bonchev–Trinajstić information content (AvgIpc) is 3.83. The Morgan fingerprint density at radius 1 is 0.704 bits per heavy atom. The fraction of sp³-hybridized carbons (Fsp3) is 0.415. The largest absolute Gasteiger partial charge is 0.494 e. The quantitative estimate of drug-likeness (QED) is 0.0608. The van der Waals surface area contributed by atoms with Crippen LogP contribution in [0.5, 0.6) is 5.75 Å². The van der Waals surface area contributed by atoms with Crippen molar-refractivity contribution in [3.05, 3.63) is 101 Å². The Labute approximate surface area is 313 Å². The molecule has 3 heterocycles. The average molecular weight is 744 g/mol. The highest BCUT2D eigenvalue weighted by Gasteiger charge is 2.53. The summed E-state index contributed by atoms with van der Waals surface area (Å²) in [7, 11) is 0. The molecule has 13 nitrogen and oxygen atoms in total. The van der Waals surface area contributed by atoms with Crippen molar-refractivity contribution in [1.82, 2.24) is 4.57 Å². The van der Waals surface area contributed by atoms with Gasteiger partial charge in [-0.05, 0) is 41.8 Å². The number of nitrogens with zero attached hydrogens (tertiary/aromatic N) is 1. The second-order valence-corrected chi connectivity index (χ2v) is 13.3. The number of ether oxygens (including phenoxy) is 8. The number of rotatable bonds is 15. The van der Waals surface area contributed by atoms with Crippen molar-refractivity contribution >= 4 is 34.8 Å². The molecule has 0 spiro atoms. The Balaban J connectivity index is 1.22. The van der Waals surface area contributed by atoms with Crippen LogP contribution >= 0.6 is 0 Å². The van der Waals surface area contributed by atoms with E-state index in [2.05, 4.69) is 0 Å². The van der Waals surface area contributed by atoms with E-state index in [0.29, 0.717) is 19.8 Å². The number of carbonyl (C=O) groups excluding carboxylic acids is 4. The van der Waals surface area contributed by atoms with Crippen LogP contribution in [0.2, 0.25) is 0 Å². The van der Waals surface area contributed by atoms with Crippen LogP contribution in [0.1, 0.15) is 74.8 Å². The van der Waals surface area contributed by atoms with Gasteiger partial charge in [-0.25, -0.2) is 0 Å². The minimum Gasteiger partial charge on any atom is -0.494 e. The number of esters is 4. The highest BCUT2D eigenvalue weighted by atomic mass is 16.7. The Morgan fingerprint density at radius 2 is 1.39 bits per heavy atom. The first-order chi connectivity index (χ1) is 26.0. The zero-order valence-electron chi connectivity index (χ0n) is 30.9. The maximum absolute atomic E-state index is 12.5. The molecule has 2 unspecified atom stereocenters. The van der Waals surface area contributed by atoms with Gasteiger partial charge in [-0.2, -0.15) is 0 Å². The van der Waals surface area contributed by atoms with Crippen LogP contribution in [0.3, 0.4) is 0 Å². The fourth-order valence-corrected chi connectivity index (χ4v) is 6.85. The Hall–Kier alpha value is -5.24. The predicted octanol–water partition coefficient (Wildman–Crippen LogP) is 6.00. The molecule has 4 aromatic rings. The first-order valence-corrected chi connectivity index (χ1v) is 17.9. The van der Waals surface area contributed by atoms with Crippen molar-refractivity contribution in [3.8, 4) is 5.75 Å². The topological polar surface area (TPSA) is 150 Å². The SMILES string of the molecule is CC(=O)OC[C@H]1O[C@@H](n2cc(C3OC3c3ccc(OCCCOCc4ccccc4)cc3)c3c(C)cccc32)[C@H](OC(C)=O)[C@@H](OC(C)=O)[C@@H]1OC(C)=O. The van der Waals surface area contributed by atoms with Crippen LogP contribution in [0.15, 0.2) is 79.0 Å². The number of aryl methyl sites for hydroxylation is 1. The zero-order chi connectivity index (χ0) is 38.4. The molecule has 0 amide bonds. The summed E-state index contributed by atoms with van der Waals surface area (Å²) in [6.07, 6.45) is -3.91. The number of hydrogen-bond donors (Lipinski definition) is 0. The molecule has 7 atom stereocenters. The summed E-state index contributed by atoms with van der Waals surface area (Å²) in [6.45, 7) is 8.18. The molecule has 2 saturated heterocycles. The molecular formula is C41H45NO12. The monoisotopic (exact) mass is 743 g/mol. The van der Waals surface area contributed by atoms with Crippen LogP contribution in [-0.4, -0.2) is 72.7 Å². The normalized spacial score (nSPS) is 23.3. The van der Waals surface area contributed by atoms with E-state index in [-0.39, 0.29) is 18.8 Å². The maximum atomic E-state index is 12.5. The van der Waals surface area contributed by atoms with Gasteiger partial charge in [0.15, 0.2) is 24.5 Å². The molecule has 6 rings (SSSR count). The van der Waals surface area contributed by atoms with Crippen LogP contribution in [0, 0.1) is 6.92 Å². The third-order valence-electron chi connectivity index (χ3n) is 9.16. The van der Waals surface area contributed by atoms with E-state index in [1.165, 1.54) is 27.7 Å². The number of aromatic nitrogens is 1. The number of hydrogen-bond acceptors (Lipinski definition) is 12. The van der Waals surface area contributed by atoms with Crippen LogP contribution in [0.4, 0.5) is 0 Å². The van der Waals surface area contributed by atoms with E-state index >= 15 is 0 Å². The van der Waals surface area contributed by atoms with E-state index < -0.39 is 54.5 Å². The van der Waals surface area contributed by atoms with Crippen molar-refractivity contribution in [2.45, 2.75) is 90.5 Å². The van der Waals surface area contributed by atoms with Crippen LogP contribution in [-0.2, 0) is 58.9 Å². The van der Waals surface area contributed by atoms with Crippen molar-refractivity contribution < 1.29 is 57.1 Å². The molecule has 1 aromatic heterocycles.